The van der Waals surface area contributed by atoms with Crippen LogP contribution < -0.4 is 9.64 Å². The van der Waals surface area contributed by atoms with Gasteiger partial charge < -0.3 is 14.7 Å². The third-order valence-electron chi connectivity index (χ3n) is 9.33. The molecular weight excluding hydrogens is 477 g/mol. The third kappa shape index (κ3) is 5.35. The van der Waals surface area contributed by atoms with Crippen molar-refractivity contribution in [1.82, 2.24) is 4.90 Å². The van der Waals surface area contributed by atoms with Gasteiger partial charge in [-0.1, -0.05) is 18.2 Å². The lowest BCUT2D eigenvalue weighted by atomic mass is 9.48. The number of hydrogen-bond donors (Lipinski definition) is 1. The van der Waals surface area contributed by atoms with Gasteiger partial charge in [0.2, 0.25) is 0 Å². The molecule has 4 nitrogen and oxygen atoms in total. The summed E-state index contributed by atoms with van der Waals surface area (Å²) in [5.74, 6) is 3.56. The number of hydrogen-bond acceptors (Lipinski definition) is 4. The second kappa shape index (κ2) is 9.81. The average Bonchev–Trinajstić information content (AvgIpc) is 2.87. The van der Waals surface area contributed by atoms with E-state index in [1.807, 2.05) is 4.90 Å². The molecule has 0 unspecified atom stereocenters. The Bertz CT molecular complexity index is 1040. The number of halogens is 3. The van der Waals surface area contributed by atoms with Gasteiger partial charge in [0.15, 0.2) is 0 Å². The van der Waals surface area contributed by atoms with Gasteiger partial charge in [0.1, 0.15) is 18.5 Å². The first kappa shape index (κ1) is 25.1. The molecule has 7 heteroatoms. The molecule has 7 rings (SSSR count). The number of β-amino-alcohol motifs (C(OH)–C–C–N with tert-alkyl or cyclic N) is 1. The summed E-state index contributed by atoms with van der Waals surface area (Å²) < 4.78 is 45.0. The van der Waals surface area contributed by atoms with Crippen molar-refractivity contribution in [2.45, 2.75) is 56.2 Å². The fourth-order valence-corrected chi connectivity index (χ4v) is 7.98. The topological polar surface area (TPSA) is 35.9 Å². The Hall–Kier alpha value is -2.25. The van der Waals surface area contributed by atoms with Crippen LogP contribution in [0.25, 0.3) is 0 Å². The Kier molecular flexibility index (Phi) is 6.64. The maximum absolute atomic E-state index is 13.0. The van der Waals surface area contributed by atoms with Crippen molar-refractivity contribution in [3.05, 3.63) is 59.7 Å². The maximum atomic E-state index is 13.0. The second-order valence-corrected chi connectivity index (χ2v) is 12.0. The van der Waals surface area contributed by atoms with E-state index in [1.54, 1.807) is 6.07 Å². The molecule has 4 aliphatic carbocycles. The number of anilines is 1. The number of alkyl halides is 3. The number of aliphatic hydroxyl groups excluding tert-OH is 1. The van der Waals surface area contributed by atoms with E-state index >= 15 is 0 Å². The number of piperazine rings is 1. The molecule has 0 radical (unpaired) electrons. The Morgan fingerprint density at radius 2 is 1.51 bits per heavy atom. The first-order chi connectivity index (χ1) is 17.8. The lowest BCUT2D eigenvalue weighted by Gasteiger charge is -2.57. The highest BCUT2D eigenvalue weighted by Gasteiger charge is 2.51. The predicted octanol–water partition coefficient (Wildman–Crippen LogP) is 5.74. The highest BCUT2D eigenvalue weighted by atomic mass is 19.4. The van der Waals surface area contributed by atoms with E-state index in [9.17, 15) is 18.3 Å². The van der Waals surface area contributed by atoms with Crippen molar-refractivity contribution in [3.63, 3.8) is 0 Å². The molecule has 0 amide bonds. The SMILES string of the molecule is O[C@@H](COc1ccc(C23CC4CC(CC(C4)C2)C3)cc1)CN1CCN(c2cccc(C(F)(F)F)c2)CC1. The molecule has 2 aromatic rings. The van der Waals surface area contributed by atoms with Crippen LogP contribution in [-0.4, -0.2) is 55.4 Å². The Morgan fingerprint density at radius 1 is 0.892 bits per heavy atom. The van der Waals surface area contributed by atoms with Crippen LogP contribution in [0.3, 0.4) is 0 Å². The smallest absolute Gasteiger partial charge is 0.416 e. The summed E-state index contributed by atoms with van der Waals surface area (Å²) in [5.41, 5.74) is 1.82. The van der Waals surface area contributed by atoms with Gasteiger partial charge in [-0.25, -0.2) is 0 Å². The third-order valence-corrected chi connectivity index (χ3v) is 9.33. The minimum atomic E-state index is -4.34. The minimum absolute atomic E-state index is 0.227. The molecule has 200 valence electrons. The van der Waals surface area contributed by atoms with Crippen molar-refractivity contribution < 1.29 is 23.0 Å². The molecule has 5 aliphatic rings. The Balaban J connectivity index is 0.970. The van der Waals surface area contributed by atoms with Gasteiger partial charge in [-0.2, -0.15) is 13.2 Å². The molecule has 1 saturated heterocycles. The van der Waals surface area contributed by atoms with Gasteiger partial charge in [-0.05, 0) is 97.6 Å². The molecule has 1 N–H and O–H groups in total. The van der Waals surface area contributed by atoms with E-state index in [1.165, 1.54) is 56.2 Å². The van der Waals surface area contributed by atoms with Gasteiger partial charge in [0.05, 0.1) is 5.56 Å². The molecule has 1 aliphatic heterocycles. The van der Waals surface area contributed by atoms with Gasteiger partial charge >= 0.3 is 6.18 Å². The first-order valence-electron chi connectivity index (χ1n) is 13.8. The lowest BCUT2D eigenvalue weighted by molar-refractivity contribution is -0.137. The fraction of sp³-hybridized carbons (Fsp3) is 0.600. The summed E-state index contributed by atoms with van der Waals surface area (Å²) in [6.07, 6.45) is 3.41. The molecule has 5 fully saturated rings. The van der Waals surface area contributed by atoms with Crippen molar-refractivity contribution in [3.8, 4) is 5.75 Å². The summed E-state index contributed by atoms with van der Waals surface area (Å²) in [6, 6.07) is 14.1. The summed E-state index contributed by atoms with van der Waals surface area (Å²) in [7, 11) is 0. The summed E-state index contributed by atoms with van der Waals surface area (Å²) >= 11 is 0. The van der Waals surface area contributed by atoms with Crippen LogP contribution in [0.2, 0.25) is 0 Å². The zero-order valence-electron chi connectivity index (χ0n) is 21.3. The molecule has 0 spiro atoms. The van der Waals surface area contributed by atoms with Crippen LogP contribution in [-0.2, 0) is 11.6 Å². The number of ether oxygens (including phenoxy) is 1. The highest BCUT2D eigenvalue weighted by Crippen LogP contribution is 2.60. The average molecular weight is 515 g/mol. The van der Waals surface area contributed by atoms with Gasteiger partial charge in [-0.3, -0.25) is 4.90 Å². The number of nitrogens with zero attached hydrogens (tertiary/aromatic N) is 2. The minimum Gasteiger partial charge on any atom is -0.491 e. The molecule has 0 aromatic heterocycles. The summed E-state index contributed by atoms with van der Waals surface area (Å²) in [4.78, 5) is 4.12. The summed E-state index contributed by atoms with van der Waals surface area (Å²) in [6.45, 7) is 3.34. The molecule has 4 saturated carbocycles. The molecule has 1 heterocycles. The van der Waals surface area contributed by atoms with Crippen LogP contribution >= 0.6 is 0 Å². The Morgan fingerprint density at radius 3 is 2.11 bits per heavy atom. The zero-order valence-corrected chi connectivity index (χ0v) is 21.3. The molecule has 2 aromatic carbocycles. The van der Waals surface area contributed by atoms with Crippen LogP contribution in [0.5, 0.6) is 5.75 Å². The van der Waals surface area contributed by atoms with Crippen molar-refractivity contribution in [2.24, 2.45) is 17.8 Å². The summed E-state index contributed by atoms with van der Waals surface area (Å²) in [5, 5.41) is 10.6. The zero-order chi connectivity index (χ0) is 25.6. The van der Waals surface area contributed by atoms with E-state index < -0.39 is 17.8 Å². The van der Waals surface area contributed by atoms with Crippen LogP contribution in [0.4, 0.5) is 18.9 Å². The van der Waals surface area contributed by atoms with Crippen LogP contribution in [0.15, 0.2) is 48.5 Å². The predicted molar refractivity (Wildman–Crippen MR) is 138 cm³/mol. The largest absolute Gasteiger partial charge is 0.491 e. The lowest BCUT2D eigenvalue weighted by Crippen LogP contribution is -2.49. The Labute approximate surface area is 217 Å². The number of aliphatic hydroxyl groups is 1. The van der Waals surface area contributed by atoms with Crippen LogP contribution in [0.1, 0.15) is 49.7 Å². The van der Waals surface area contributed by atoms with Crippen molar-refractivity contribution in [2.75, 3.05) is 44.2 Å². The maximum Gasteiger partial charge on any atom is 0.416 e. The van der Waals surface area contributed by atoms with Crippen molar-refractivity contribution >= 4 is 5.69 Å². The van der Waals surface area contributed by atoms with E-state index in [0.29, 0.717) is 43.8 Å². The monoisotopic (exact) mass is 514 g/mol. The van der Waals surface area contributed by atoms with E-state index in [0.717, 1.165) is 29.6 Å². The van der Waals surface area contributed by atoms with E-state index in [-0.39, 0.29) is 6.61 Å². The molecule has 1 atom stereocenters. The van der Waals surface area contributed by atoms with Crippen molar-refractivity contribution in [1.29, 1.82) is 0 Å². The first-order valence-corrected chi connectivity index (χ1v) is 13.8. The van der Waals surface area contributed by atoms with Gasteiger partial charge in [-0.15, -0.1) is 0 Å². The number of rotatable bonds is 7. The van der Waals surface area contributed by atoms with E-state index in [4.69, 9.17) is 4.74 Å². The molecule has 4 bridgehead atoms. The van der Waals surface area contributed by atoms with Gasteiger partial charge in [0.25, 0.3) is 0 Å². The fourth-order valence-electron chi connectivity index (χ4n) is 7.98. The molecule has 37 heavy (non-hydrogen) atoms. The highest BCUT2D eigenvalue weighted by molar-refractivity contribution is 5.49. The second-order valence-electron chi connectivity index (χ2n) is 12.0. The quantitative estimate of drug-likeness (QED) is 0.512. The number of benzene rings is 2. The molecular formula is C30H37F3N2O2. The van der Waals surface area contributed by atoms with E-state index in [2.05, 4.69) is 29.2 Å². The van der Waals surface area contributed by atoms with Crippen LogP contribution in [0, 0.1) is 17.8 Å². The normalized spacial score (nSPS) is 30.5. The van der Waals surface area contributed by atoms with Gasteiger partial charge in [0, 0.05) is 38.4 Å². The standard InChI is InChI=1S/C30H37F3N2O2/c31-30(32,33)25-2-1-3-26(15-25)35-10-8-34(9-11-35)19-27(36)20-37-28-6-4-24(5-7-28)29-16-21-12-22(17-29)14-23(13-21)18-29/h1-7,15,21-23,27,36H,8-14,16-20H2/t21?,22?,23?,27-,29?/m1/s1.